The molecule has 1 amide bonds. The number of hydrogen-bond acceptors (Lipinski definition) is 3. The molecule has 0 spiro atoms. The Morgan fingerprint density at radius 2 is 2.08 bits per heavy atom. The van der Waals surface area contributed by atoms with Gasteiger partial charge in [0.25, 0.3) is 0 Å². The van der Waals surface area contributed by atoms with Crippen LogP contribution in [0.4, 0.5) is 4.39 Å². The van der Waals surface area contributed by atoms with E-state index in [0.717, 1.165) is 22.7 Å². The third-order valence-electron chi connectivity index (χ3n) is 3.78. The molecule has 0 atom stereocenters. The minimum atomic E-state index is -0.303. The molecule has 3 aromatic rings. The van der Waals surface area contributed by atoms with E-state index in [1.54, 1.807) is 12.1 Å². The van der Waals surface area contributed by atoms with Gasteiger partial charge < -0.3 is 14.5 Å². The molecule has 0 aliphatic carbocycles. The van der Waals surface area contributed by atoms with Crippen LogP contribution >= 0.6 is 0 Å². The summed E-state index contributed by atoms with van der Waals surface area (Å²) in [5, 5.41) is 2.87. The van der Waals surface area contributed by atoms with Gasteiger partial charge >= 0.3 is 0 Å². The minimum absolute atomic E-state index is 0.0922. The maximum absolute atomic E-state index is 12.9. The van der Waals surface area contributed by atoms with Crippen molar-refractivity contribution in [2.24, 2.45) is 0 Å². The number of ether oxygens (including phenoxy) is 1. The van der Waals surface area contributed by atoms with Crippen LogP contribution in [0.1, 0.15) is 18.2 Å². The zero-order valence-electron chi connectivity index (χ0n) is 14.0. The summed E-state index contributed by atoms with van der Waals surface area (Å²) in [7, 11) is 0. The van der Waals surface area contributed by atoms with Crippen molar-refractivity contribution in [2.45, 2.75) is 19.8 Å². The van der Waals surface area contributed by atoms with Crippen LogP contribution in [-0.2, 0) is 17.6 Å². The van der Waals surface area contributed by atoms with Crippen LogP contribution in [0.5, 0.6) is 5.75 Å². The second-order valence-electron chi connectivity index (χ2n) is 5.67. The van der Waals surface area contributed by atoms with Crippen molar-refractivity contribution in [1.29, 1.82) is 0 Å². The average Bonchev–Trinajstić information content (AvgIpc) is 3.01. The summed E-state index contributed by atoms with van der Waals surface area (Å²) in [4.78, 5) is 16.5. The number of pyridine rings is 1. The van der Waals surface area contributed by atoms with Gasteiger partial charge in [-0.05, 0) is 36.8 Å². The Kier molecular flexibility index (Phi) is 5.28. The average molecular weight is 341 g/mol. The maximum atomic E-state index is 12.9. The Morgan fingerprint density at radius 3 is 2.84 bits per heavy atom. The van der Waals surface area contributed by atoms with E-state index < -0.39 is 0 Å². The highest BCUT2D eigenvalue weighted by atomic mass is 19.1. The number of carbonyl (C=O) groups is 1. The Balaban J connectivity index is 1.55. The molecule has 2 aromatic heterocycles. The van der Waals surface area contributed by atoms with E-state index in [1.165, 1.54) is 12.1 Å². The molecule has 25 heavy (non-hydrogen) atoms. The van der Waals surface area contributed by atoms with E-state index >= 15 is 0 Å². The molecule has 0 bridgehead atoms. The van der Waals surface area contributed by atoms with E-state index in [1.807, 2.05) is 35.9 Å². The van der Waals surface area contributed by atoms with Crippen molar-refractivity contribution in [3.63, 3.8) is 0 Å². The number of benzene rings is 1. The predicted molar refractivity (Wildman–Crippen MR) is 93.2 cm³/mol. The van der Waals surface area contributed by atoms with Crippen LogP contribution in [-0.4, -0.2) is 28.4 Å². The van der Waals surface area contributed by atoms with E-state index in [2.05, 4.69) is 10.3 Å². The summed E-state index contributed by atoms with van der Waals surface area (Å²) in [6, 6.07) is 9.75. The fourth-order valence-electron chi connectivity index (χ4n) is 2.61. The molecule has 0 saturated heterocycles. The molecule has 5 nitrogen and oxygen atoms in total. The van der Waals surface area contributed by atoms with Gasteiger partial charge in [0.1, 0.15) is 5.82 Å². The Morgan fingerprint density at radius 1 is 1.28 bits per heavy atom. The number of aromatic nitrogens is 2. The molecule has 0 radical (unpaired) electrons. The van der Waals surface area contributed by atoms with E-state index in [-0.39, 0.29) is 18.1 Å². The monoisotopic (exact) mass is 341 g/mol. The van der Waals surface area contributed by atoms with Crippen LogP contribution in [0.3, 0.4) is 0 Å². The van der Waals surface area contributed by atoms with E-state index in [9.17, 15) is 9.18 Å². The highest BCUT2D eigenvalue weighted by molar-refractivity contribution is 5.78. The van der Waals surface area contributed by atoms with Gasteiger partial charge in [-0.2, -0.15) is 0 Å². The topological polar surface area (TPSA) is 55.6 Å². The number of nitrogens with one attached hydrogen (secondary N) is 1. The summed E-state index contributed by atoms with van der Waals surface area (Å²) >= 11 is 0. The lowest BCUT2D eigenvalue weighted by atomic mass is 10.1. The standard InChI is InChI=1S/C19H20FN3O2/c1-2-25-17-4-3-11-23-13-16(22-19(17)23)9-10-21-18(24)12-14-5-7-15(20)8-6-14/h3-8,11,13H,2,9-10,12H2,1H3,(H,21,24). The van der Waals surface area contributed by atoms with Gasteiger partial charge in [-0.25, -0.2) is 9.37 Å². The number of fused-ring (bicyclic) bond motifs is 1. The summed E-state index contributed by atoms with van der Waals surface area (Å²) in [6.45, 7) is 3.01. The molecular weight excluding hydrogens is 321 g/mol. The maximum Gasteiger partial charge on any atom is 0.224 e. The Labute approximate surface area is 145 Å². The largest absolute Gasteiger partial charge is 0.490 e. The Hall–Kier alpha value is -2.89. The second-order valence-corrected chi connectivity index (χ2v) is 5.67. The first-order valence-electron chi connectivity index (χ1n) is 8.26. The predicted octanol–water partition coefficient (Wildman–Crippen LogP) is 2.77. The summed E-state index contributed by atoms with van der Waals surface area (Å²) in [5.74, 6) is 0.351. The number of rotatable bonds is 7. The van der Waals surface area contributed by atoms with Gasteiger partial charge in [-0.15, -0.1) is 0 Å². The van der Waals surface area contributed by atoms with Crippen LogP contribution in [0.25, 0.3) is 5.65 Å². The molecule has 130 valence electrons. The van der Waals surface area contributed by atoms with Crippen LogP contribution in [0.15, 0.2) is 48.8 Å². The van der Waals surface area contributed by atoms with Crippen molar-refractivity contribution in [1.82, 2.24) is 14.7 Å². The van der Waals surface area contributed by atoms with Gasteiger partial charge in [-0.1, -0.05) is 12.1 Å². The van der Waals surface area contributed by atoms with Crippen LogP contribution in [0, 0.1) is 5.82 Å². The lowest BCUT2D eigenvalue weighted by Crippen LogP contribution is -2.27. The molecule has 0 fully saturated rings. The number of halogens is 1. The smallest absolute Gasteiger partial charge is 0.224 e. The molecule has 1 aromatic carbocycles. The number of hydrogen-bond donors (Lipinski definition) is 1. The first-order valence-corrected chi connectivity index (χ1v) is 8.26. The Bertz CT molecular complexity index is 859. The molecule has 1 N–H and O–H groups in total. The van der Waals surface area contributed by atoms with Gasteiger partial charge in [0, 0.05) is 25.4 Å². The SMILES string of the molecule is CCOc1cccn2cc(CCNC(=O)Cc3ccc(F)cc3)nc12. The van der Waals surface area contributed by atoms with Crippen LogP contribution < -0.4 is 10.1 Å². The van der Waals surface area contributed by atoms with Gasteiger partial charge in [-0.3, -0.25) is 4.79 Å². The number of imidazole rings is 1. The van der Waals surface area contributed by atoms with E-state index in [0.29, 0.717) is 19.6 Å². The minimum Gasteiger partial charge on any atom is -0.490 e. The number of carbonyl (C=O) groups excluding carboxylic acids is 1. The highest BCUT2D eigenvalue weighted by Crippen LogP contribution is 2.19. The molecule has 0 unspecified atom stereocenters. The fourth-order valence-corrected chi connectivity index (χ4v) is 2.61. The van der Waals surface area contributed by atoms with Crippen molar-refractivity contribution in [3.05, 3.63) is 65.9 Å². The normalized spacial score (nSPS) is 10.8. The summed E-state index contributed by atoms with van der Waals surface area (Å²) in [5.41, 5.74) is 2.44. The molecule has 3 rings (SSSR count). The second kappa shape index (κ2) is 7.79. The molecule has 6 heteroatoms. The van der Waals surface area contributed by atoms with Crippen molar-refractivity contribution in [3.8, 4) is 5.75 Å². The van der Waals surface area contributed by atoms with Crippen molar-refractivity contribution < 1.29 is 13.9 Å². The van der Waals surface area contributed by atoms with Crippen LogP contribution in [0.2, 0.25) is 0 Å². The van der Waals surface area contributed by atoms with Crippen molar-refractivity contribution in [2.75, 3.05) is 13.2 Å². The molecular formula is C19H20FN3O2. The first-order chi connectivity index (χ1) is 12.2. The first kappa shape index (κ1) is 17.0. The number of nitrogens with zero attached hydrogens (tertiary/aromatic N) is 2. The van der Waals surface area contributed by atoms with Gasteiger partial charge in [0.05, 0.1) is 18.7 Å². The quantitative estimate of drug-likeness (QED) is 0.719. The highest BCUT2D eigenvalue weighted by Gasteiger charge is 2.08. The fraction of sp³-hybridized carbons (Fsp3) is 0.263. The molecule has 0 aliphatic rings. The van der Waals surface area contributed by atoms with Crippen molar-refractivity contribution >= 4 is 11.6 Å². The third kappa shape index (κ3) is 4.35. The zero-order valence-corrected chi connectivity index (χ0v) is 14.0. The van der Waals surface area contributed by atoms with Gasteiger partial charge in [0.2, 0.25) is 5.91 Å². The third-order valence-corrected chi connectivity index (χ3v) is 3.78. The molecule has 0 saturated carbocycles. The molecule has 0 aliphatic heterocycles. The lowest BCUT2D eigenvalue weighted by Gasteiger charge is -2.04. The lowest BCUT2D eigenvalue weighted by molar-refractivity contribution is -0.120. The molecule has 2 heterocycles. The number of amides is 1. The van der Waals surface area contributed by atoms with E-state index in [4.69, 9.17) is 4.74 Å². The summed E-state index contributed by atoms with van der Waals surface area (Å²) in [6.07, 6.45) is 4.72. The zero-order chi connectivity index (χ0) is 17.6. The summed E-state index contributed by atoms with van der Waals surface area (Å²) < 4.78 is 20.3. The van der Waals surface area contributed by atoms with Gasteiger partial charge in [0.15, 0.2) is 11.4 Å².